The van der Waals surface area contributed by atoms with E-state index in [1.54, 1.807) is 12.3 Å². The van der Waals surface area contributed by atoms with Crippen molar-refractivity contribution >= 4 is 29.1 Å². The van der Waals surface area contributed by atoms with E-state index in [1.807, 2.05) is 42.5 Å². The Kier molecular flexibility index (Phi) is 7.42. The highest BCUT2D eigenvalue weighted by Gasteiger charge is 2.37. The molecule has 3 aromatic rings. The quantitative estimate of drug-likeness (QED) is 0.369. The van der Waals surface area contributed by atoms with E-state index in [0.29, 0.717) is 17.2 Å². The molecule has 3 heterocycles. The maximum atomic E-state index is 12.9. The van der Waals surface area contributed by atoms with Gasteiger partial charge >= 0.3 is 0 Å². The van der Waals surface area contributed by atoms with E-state index in [4.69, 9.17) is 10.7 Å². The summed E-state index contributed by atoms with van der Waals surface area (Å²) in [6.45, 7) is 8.84. The number of piperidine rings is 1. The van der Waals surface area contributed by atoms with Gasteiger partial charge in [-0.15, -0.1) is 11.3 Å². The Morgan fingerprint density at radius 1 is 1.08 bits per heavy atom. The third-order valence-corrected chi connectivity index (χ3v) is 7.30. The van der Waals surface area contributed by atoms with Crippen LogP contribution in [0.4, 0.5) is 5.95 Å². The minimum absolute atomic E-state index is 0.0102. The number of carbonyl (C=O) groups excluding carboxylic acids is 2. The number of carbonyl (C=O) groups is 2. The lowest BCUT2D eigenvalue weighted by Gasteiger charge is -2.46. The summed E-state index contributed by atoms with van der Waals surface area (Å²) < 4.78 is 0. The lowest BCUT2D eigenvalue weighted by atomic mass is 9.80. The predicted molar refractivity (Wildman–Crippen MR) is 144 cm³/mol. The minimum atomic E-state index is -0.793. The Labute approximate surface area is 216 Å². The molecule has 0 unspecified atom stereocenters. The van der Waals surface area contributed by atoms with Crippen LogP contribution in [0, 0.1) is 0 Å². The average Bonchev–Trinajstić information content (AvgIpc) is 3.28. The van der Waals surface area contributed by atoms with Gasteiger partial charge in [-0.05, 0) is 64.3 Å². The first-order valence-corrected chi connectivity index (χ1v) is 12.9. The highest BCUT2D eigenvalue weighted by molar-refractivity contribution is 7.17. The first-order valence-electron chi connectivity index (χ1n) is 12.1. The molecule has 1 aromatic carbocycles. The monoisotopic (exact) mass is 506 g/mol. The molecule has 9 heteroatoms. The third kappa shape index (κ3) is 6.67. The Morgan fingerprint density at radius 2 is 1.78 bits per heavy atom. The van der Waals surface area contributed by atoms with Gasteiger partial charge in [-0.25, -0.2) is 9.97 Å². The van der Waals surface area contributed by atoms with Gasteiger partial charge in [-0.3, -0.25) is 9.59 Å². The molecule has 1 saturated heterocycles. The number of primary amides is 1. The fourth-order valence-electron chi connectivity index (χ4n) is 5.07. The van der Waals surface area contributed by atoms with Crippen LogP contribution in [0.5, 0.6) is 0 Å². The van der Waals surface area contributed by atoms with E-state index < -0.39 is 11.9 Å². The predicted octanol–water partition coefficient (Wildman–Crippen LogP) is 3.75. The molecule has 1 fully saturated rings. The zero-order valence-electron chi connectivity index (χ0n) is 21.2. The number of benzene rings is 1. The topological polar surface area (TPSA) is 122 Å². The largest absolute Gasteiger partial charge is 0.368 e. The summed E-state index contributed by atoms with van der Waals surface area (Å²) >= 11 is 1.32. The van der Waals surface area contributed by atoms with Gasteiger partial charge < -0.3 is 21.7 Å². The minimum Gasteiger partial charge on any atom is -0.368 e. The zero-order chi connectivity index (χ0) is 25.9. The van der Waals surface area contributed by atoms with Gasteiger partial charge in [0.25, 0.3) is 5.91 Å². The van der Waals surface area contributed by atoms with Crippen LogP contribution < -0.4 is 21.7 Å². The summed E-state index contributed by atoms with van der Waals surface area (Å²) in [5, 5.41) is 9.96. The molecular formula is C27H34N6O2S. The molecule has 1 aliphatic heterocycles. The molecule has 5 N–H and O–H groups in total. The van der Waals surface area contributed by atoms with Gasteiger partial charge in [0.15, 0.2) is 0 Å². The Morgan fingerprint density at radius 3 is 2.44 bits per heavy atom. The van der Waals surface area contributed by atoms with Gasteiger partial charge in [-0.2, -0.15) is 0 Å². The van der Waals surface area contributed by atoms with E-state index >= 15 is 0 Å². The van der Waals surface area contributed by atoms with Crippen molar-refractivity contribution in [3.63, 3.8) is 0 Å². The fraction of sp³-hybridized carbons (Fsp3) is 0.407. The van der Waals surface area contributed by atoms with Crippen LogP contribution in [-0.2, 0) is 11.2 Å². The molecule has 8 nitrogen and oxygen atoms in total. The van der Waals surface area contributed by atoms with Gasteiger partial charge in [0.1, 0.15) is 6.04 Å². The zero-order valence-corrected chi connectivity index (χ0v) is 22.0. The maximum absolute atomic E-state index is 12.9. The molecule has 36 heavy (non-hydrogen) atoms. The van der Waals surface area contributed by atoms with Crippen LogP contribution in [0.3, 0.4) is 0 Å². The van der Waals surface area contributed by atoms with Crippen molar-refractivity contribution in [1.29, 1.82) is 0 Å². The first kappa shape index (κ1) is 25.8. The highest BCUT2D eigenvalue weighted by atomic mass is 32.1. The van der Waals surface area contributed by atoms with Gasteiger partial charge in [0.05, 0.1) is 15.4 Å². The molecular weight excluding hydrogens is 472 g/mol. The molecule has 1 atom stereocenters. The Bertz CT molecular complexity index is 1210. The van der Waals surface area contributed by atoms with E-state index in [9.17, 15) is 9.59 Å². The van der Waals surface area contributed by atoms with E-state index in [0.717, 1.165) is 29.0 Å². The number of hydrogen-bond acceptors (Lipinski definition) is 7. The van der Waals surface area contributed by atoms with E-state index in [1.165, 1.54) is 11.3 Å². The van der Waals surface area contributed by atoms with Crippen molar-refractivity contribution in [2.75, 3.05) is 5.32 Å². The molecule has 2 aromatic heterocycles. The molecule has 0 aliphatic carbocycles. The number of anilines is 1. The molecule has 4 rings (SSSR count). The Hall–Kier alpha value is -3.30. The summed E-state index contributed by atoms with van der Waals surface area (Å²) in [7, 11) is 0. The molecule has 0 spiro atoms. The van der Waals surface area contributed by atoms with Crippen molar-refractivity contribution in [1.82, 2.24) is 20.6 Å². The molecule has 0 radical (unpaired) electrons. The van der Waals surface area contributed by atoms with Gasteiger partial charge in [0, 0.05) is 29.7 Å². The number of nitrogens with one attached hydrogen (secondary N) is 3. The number of aromatic nitrogens is 2. The van der Waals surface area contributed by atoms with Crippen LogP contribution in [0.1, 0.15) is 55.8 Å². The van der Waals surface area contributed by atoms with Crippen LogP contribution in [-0.4, -0.2) is 44.9 Å². The standard InChI is InChI=1S/C27H34N6O2S/c1-26(2)15-18(16-27(3,4)33-26)30-25-29-13-12-19(32-25)21-10-11-22(36-21)24(35)31-20(23(28)34)14-17-8-6-5-7-9-17/h5-13,18,20,33H,14-16H2,1-4H3,(H2,28,34)(H,31,35)(H,29,30,32)/t20-/m0/s1. The molecule has 2 amide bonds. The molecule has 190 valence electrons. The maximum Gasteiger partial charge on any atom is 0.262 e. The van der Waals surface area contributed by atoms with Crippen LogP contribution in [0.25, 0.3) is 10.6 Å². The van der Waals surface area contributed by atoms with Gasteiger partial charge in [0.2, 0.25) is 11.9 Å². The Balaban J connectivity index is 1.44. The lowest BCUT2D eigenvalue weighted by molar-refractivity contribution is -0.119. The van der Waals surface area contributed by atoms with Crippen molar-refractivity contribution in [2.45, 2.75) is 70.1 Å². The average molecular weight is 507 g/mol. The highest BCUT2D eigenvalue weighted by Crippen LogP contribution is 2.31. The summed E-state index contributed by atoms with van der Waals surface area (Å²) in [5.41, 5.74) is 7.24. The third-order valence-electron chi connectivity index (χ3n) is 6.19. The number of nitrogens with two attached hydrogens (primary N) is 1. The lowest BCUT2D eigenvalue weighted by Crippen LogP contribution is -2.60. The number of amides is 2. The van der Waals surface area contributed by atoms with Crippen molar-refractivity contribution in [2.24, 2.45) is 5.73 Å². The van der Waals surface area contributed by atoms with Crippen LogP contribution >= 0.6 is 11.3 Å². The summed E-state index contributed by atoms with van der Waals surface area (Å²) in [5.74, 6) is -0.334. The van der Waals surface area contributed by atoms with Crippen molar-refractivity contribution in [3.8, 4) is 10.6 Å². The van der Waals surface area contributed by atoms with Crippen molar-refractivity contribution in [3.05, 3.63) is 65.2 Å². The van der Waals surface area contributed by atoms with E-state index in [2.05, 4.69) is 48.6 Å². The van der Waals surface area contributed by atoms with Gasteiger partial charge in [-0.1, -0.05) is 30.3 Å². The first-order chi connectivity index (χ1) is 17.0. The number of hydrogen-bond donors (Lipinski definition) is 4. The van der Waals surface area contributed by atoms with Crippen LogP contribution in [0.15, 0.2) is 54.7 Å². The van der Waals surface area contributed by atoms with Crippen LogP contribution in [0.2, 0.25) is 0 Å². The number of rotatable bonds is 8. The smallest absolute Gasteiger partial charge is 0.262 e. The molecule has 0 bridgehead atoms. The number of nitrogens with zero attached hydrogens (tertiary/aromatic N) is 2. The van der Waals surface area contributed by atoms with E-state index in [-0.39, 0.29) is 23.0 Å². The number of thiophene rings is 1. The van der Waals surface area contributed by atoms with Crippen molar-refractivity contribution < 1.29 is 9.59 Å². The second kappa shape index (κ2) is 10.4. The normalized spacial score (nSPS) is 17.8. The summed E-state index contributed by atoms with van der Waals surface area (Å²) in [6.07, 6.45) is 3.98. The summed E-state index contributed by atoms with van der Waals surface area (Å²) in [4.78, 5) is 35.3. The summed E-state index contributed by atoms with van der Waals surface area (Å²) in [6, 6.07) is 14.4. The molecule has 1 aliphatic rings. The fourth-order valence-corrected chi connectivity index (χ4v) is 5.95. The SMILES string of the molecule is CC1(C)CC(Nc2nccc(-c3ccc(C(=O)N[C@@H](Cc4ccccc4)C(N)=O)s3)n2)CC(C)(C)N1. The second-order valence-electron chi connectivity index (χ2n) is 10.7. The second-order valence-corrected chi connectivity index (χ2v) is 11.8. The molecule has 0 saturated carbocycles.